The number of nitrogens with zero attached hydrogens (tertiary/aromatic N) is 9. The van der Waals surface area contributed by atoms with Crippen LogP contribution in [-0.4, -0.2) is 49.0 Å². The molecule has 40 heavy (non-hydrogen) atoms. The smallest absolute Gasteiger partial charge is 0.181 e. The molecule has 2 aliphatic carbocycles. The van der Waals surface area contributed by atoms with Gasteiger partial charge in [-0.2, -0.15) is 15.3 Å². The standard InChI is InChI=1S/C30H31N9O/c1-36-14-20(12-31-36)25(40)16-39-15-23-21(5-4-6-24(23)34-39)27-28(18-9-10-18)38(3)30(33-27)22-11-19-13-37(2)35-29(19)32-26(22)17-7-8-17/h4-6,11-15,17-18,25,40H,7-10,16H2,1-3H3/t25-/m0/s1. The Kier molecular flexibility index (Phi) is 5.06. The number of aliphatic hydroxyl groups excluding tert-OH is 1. The molecule has 5 heterocycles. The van der Waals surface area contributed by atoms with Gasteiger partial charge in [0.2, 0.25) is 0 Å². The van der Waals surface area contributed by atoms with Crippen molar-refractivity contribution in [3.8, 4) is 22.6 Å². The Morgan fingerprint density at radius 3 is 2.50 bits per heavy atom. The summed E-state index contributed by atoms with van der Waals surface area (Å²) in [5, 5.41) is 26.4. The van der Waals surface area contributed by atoms with Crippen molar-refractivity contribution in [2.75, 3.05) is 0 Å². The summed E-state index contributed by atoms with van der Waals surface area (Å²) in [6.45, 7) is 0.351. The lowest BCUT2D eigenvalue weighted by Gasteiger charge is -2.10. The minimum Gasteiger partial charge on any atom is -0.386 e. The van der Waals surface area contributed by atoms with Crippen LogP contribution in [-0.2, 0) is 27.7 Å². The van der Waals surface area contributed by atoms with Crippen molar-refractivity contribution in [3.63, 3.8) is 0 Å². The lowest BCUT2D eigenvalue weighted by molar-refractivity contribution is 0.152. The SMILES string of the molecule is Cn1cc([C@@H](O)Cn2cc3c(-c4nc(-c5cc6cn(C)nc6nc5C5CC5)n(C)c4C4CC4)cccc3n2)cn1. The van der Waals surface area contributed by atoms with Crippen molar-refractivity contribution in [1.29, 1.82) is 0 Å². The van der Waals surface area contributed by atoms with E-state index in [0.29, 0.717) is 18.4 Å². The molecule has 0 saturated heterocycles. The van der Waals surface area contributed by atoms with E-state index in [1.807, 2.05) is 48.1 Å². The van der Waals surface area contributed by atoms with Gasteiger partial charge in [0.15, 0.2) is 5.65 Å². The molecule has 6 aromatic rings. The number of hydrogen-bond acceptors (Lipinski definition) is 6. The number of imidazole rings is 1. The van der Waals surface area contributed by atoms with E-state index in [0.717, 1.165) is 68.7 Å². The average molecular weight is 534 g/mol. The van der Waals surface area contributed by atoms with E-state index in [-0.39, 0.29) is 0 Å². The number of pyridine rings is 1. The Balaban J connectivity index is 1.25. The maximum Gasteiger partial charge on any atom is 0.181 e. The van der Waals surface area contributed by atoms with Gasteiger partial charge in [0, 0.05) is 84.7 Å². The molecule has 0 bridgehead atoms. The van der Waals surface area contributed by atoms with E-state index < -0.39 is 6.10 Å². The second-order valence-electron chi connectivity index (χ2n) is 11.5. The first-order valence-corrected chi connectivity index (χ1v) is 14.0. The van der Waals surface area contributed by atoms with Gasteiger partial charge < -0.3 is 9.67 Å². The van der Waals surface area contributed by atoms with Crippen LogP contribution in [0.3, 0.4) is 0 Å². The van der Waals surface area contributed by atoms with E-state index in [4.69, 9.17) is 15.1 Å². The summed E-state index contributed by atoms with van der Waals surface area (Å²) < 4.78 is 7.66. The van der Waals surface area contributed by atoms with Crippen molar-refractivity contribution >= 4 is 21.9 Å². The zero-order valence-electron chi connectivity index (χ0n) is 22.9. The van der Waals surface area contributed by atoms with Gasteiger partial charge in [-0.3, -0.25) is 14.0 Å². The molecule has 0 amide bonds. The van der Waals surface area contributed by atoms with Crippen LogP contribution in [0.25, 0.3) is 44.6 Å². The predicted molar refractivity (Wildman–Crippen MR) is 152 cm³/mol. The summed E-state index contributed by atoms with van der Waals surface area (Å²) >= 11 is 0. The molecule has 0 spiro atoms. The number of fused-ring (bicyclic) bond motifs is 2. The van der Waals surface area contributed by atoms with Crippen molar-refractivity contribution in [1.82, 2.24) is 43.9 Å². The third-order valence-corrected chi connectivity index (χ3v) is 8.27. The van der Waals surface area contributed by atoms with Crippen LogP contribution < -0.4 is 0 Å². The van der Waals surface area contributed by atoms with Crippen LogP contribution in [0.5, 0.6) is 0 Å². The highest BCUT2D eigenvalue weighted by Crippen LogP contribution is 2.49. The van der Waals surface area contributed by atoms with Crippen molar-refractivity contribution in [3.05, 3.63) is 66.0 Å². The number of aromatic nitrogens is 9. The van der Waals surface area contributed by atoms with E-state index in [9.17, 15) is 5.11 Å². The molecule has 2 aliphatic rings. The summed E-state index contributed by atoms with van der Waals surface area (Å²) in [6, 6.07) is 8.45. The molecule has 202 valence electrons. The lowest BCUT2D eigenvalue weighted by Crippen LogP contribution is -2.08. The molecule has 1 atom stereocenters. The Morgan fingerprint density at radius 2 is 1.75 bits per heavy atom. The lowest BCUT2D eigenvalue weighted by atomic mass is 10.0. The van der Waals surface area contributed by atoms with Crippen LogP contribution in [0.2, 0.25) is 0 Å². The average Bonchev–Trinajstić information content (AvgIpc) is 3.80. The van der Waals surface area contributed by atoms with Gasteiger partial charge in [-0.15, -0.1) is 0 Å². The van der Waals surface area contributed by atoms with Crippen molar-refractivity contribution in [2.45, 2.75) is 50.2 Å². The van der Waals surface area contributed by atoms with Crippen LogP contribution >= 0.6 is 0 Å². The molecule has 1 aromatic carbocycles. The fourth-order valence-corrected chi connectivity index (χ4v) is 6.00. The summed E-state index contributed by atoms with van der Waals surface area (Å²) in [6.07, 6.45) is 11.6. The largest absolute Gasteiger partial charge is 0.386 e. The van der Waals surface area contributed by atoms with E-state index in [2.05, 4.69) is 40.0 Å². The zero-order valence-corrected chi connectivity index (χ0v) is 22.9. The summed E-state index contributed by atoms with van der Waals surface area (Å²) in [5.74, 6) is 1.94. The molecule has 2 saturated carbocycles. The van der Waals surface area contributed by atoms with Crippen LogP contribution in [0, 0.1) is 0 Å². The molecule has 1 N–H and O–H groups in total. The number of rotatable bonds is 7. The van der Waals surface area contributed by atoms with E-state index >= 15 is 0 Å². The van der Waals surface area contributed by atoms with Gasteiger partial charge in [0.25, 0.3) is 0 Å². The highest BCUT2D eigenvalue weighted by Gasteiger charge is 2.35. The molecule has 0 radical (unpaired) electrons. The first kappa shape index (κ1) is 23.6. The first-order valence-electron chi connectivity index (χ1n) is 14.0. The molecule has 0 unspecified atom stereocenters. The fourth-order valence-electron chi connectivity index (χ4n) is 6.00. The minimum atomic E-state index is -0.689. The Morgan fingerprint density at radius 1 is 0.925 bits per heavy atom. The van der Waals surface area contributed by atoms with Gasteiger partial charge in [-0.05, 0) is 37.8 Å². The second kappa shape index (κ2) is 8.59. The molecule has 10 heteroatoms. The van der Waals surface area contributed by atoms with E-state index in [1.165, 1.54) is 18.5 Å². The monoisotopic (exact) mass is 533 g/mol. The van der Waals surface area contributed by atoms with Gasteiger partial charge in [-0.1, -0.05) is 12.1 Å². The van der Waals surface area contributed by atoms with Crippen molar-refractivity contribution in [2.24, 2.45) is 21.1 Å². The summed E-state index contributed by atoms with van der Waals surface area (Å²) in [7, 11) is 5.94. The number of hydrogen-bond donors (Lipinski definition) is 1. The Labute approximate surface area is 230 Å². The molecule has 2 fully saturated rings. The second-order valence-corrected chi connectivity index (χ2v) is 11.5. The Bertz CT molecular complexity index is 1910. The molecular weight excluding hydrogens is 502 g/mol. The zero-order chi connectivity index (χ0) is 27.1. The molecule has 5 aromatic heterocycles. The fraction of sp³-hybridized carbons (Fsp3) is 0.367. The normalized spacial score (nSPS) is 16.4. The summed E-state index contributed by atoms with van der Waals surface area (Å²) in [4.78, 5) is 10.4. The predicted octanol–water partition coefficient (Wildman–Crippen LogP) is 4.61. The minimum absolute atomic E-state index is 0.351. The highest BCUT2D eigenvalue weighted by molar-refractivity contribution is 5.95. The van der Waals surface area contributed by atoms with Gasteiger partial charge in [-0.25, -0.2) is 9.97 Å². The maximum absolute atomic E-state index is 10.8. The molecular formula is C30H31N9O. The number of benzene rings is 1. The van der Waals surface area contributed by atoms with Crippen LogP contribution in [0.4, 0.5) is 0 Å². The quantitative estimate of drug-likeness (QED) is 0.321. The van der Waals surface area contributed by atoms with E-state index in [1.54, 1.807) is 10.9 Å². The van der Waals surface area contributed by atoms with Gasteiger partial charge in [0.1, 0.15) is 11.9 Å². The van der Waals surface area contributed by atoms with Crippen molar-refractivity contribution < 1.29 is 5.11 Å². The third kappa shape index (κ3) is 3.85. The highest BCUT2D eigenvalue weighted by atomic mass is 16.3. The van der Waals surface area contributed by atoms with Crippen LogP contribution in [0.1, 0.15) is 60.6 Å². The number of aliphatic hydroxyl groups is 1. The third-order valence-electron chi connectivity index (χ3n) is 8.27. The van der Waals surface area contributed by atoms with Gasteiger partial charge in [0.05, 0.1) is 29.6 Å². The maximum atomic E-state index is 10.8. The molecule has 0 aliphatic heterocycles. The summed E-state index contributed by atoms with van der Waals surface area (Å²) in [5.41, 5.74) is 8.07. The topological polar surface area (TPSA) is 104 Å². The Hall–Kier alpha value is -4.31. The van der Waals surface area contributed by atoms with Gasteiger partial charge >= 0.3 is 0 Å². The van der Waals surface area contributed by atoms with Crippen LogP contribution in [0.15, 0.2) is 49.1 Å². The molecule has 10 nitrogen and oxygen atoms in total. The molecule has 8 rings (SSSR count). The first-order chi connectivity index (χ1) is 19.4. The number of aryl methyl sites for hydroxylation is 2.